The predicted molar refractivity (Wildman–Crippen MR) is 66.1 cm³/mol. The van der Waals surface area contributed by atoms with Crippen LogP contribution >= 0.6 is 11.6 Å². The highest BCUT2D eigenvalue weighted by molar-refractivity contribution is 6.59. The molecule has 1 aliphatic heterocycles. The Morgan fingerprint density at radius 3 is 2.50 bits per heavy atom. The van der Waals surface area contributed by atoms with Gasteiger partial charge in [-0.1, -0.05) is 17.7 Å². The van der Waals surface area contributed by atoms with Crippen LogP contribution in [-0.4, -0.2) is 30.3 Å². The van der Waals surface area contributed by atoms with Crippen molar-refractivity contribution in [3.63, 3.8) is 0 Å². The van der Waals surface area contributed by atoms with Gasteiger partial charge in [0.15, 0.2) is 0 Å². The maximum absolute atomic E-state index is 9.16. The maximum atomic E-state index is 9.16. The van der Waals surface area contributed by atoms with E-state index >= 15 is 0 Å². The minimum absolute atomic E-state index is 0.470. The van der Waals surface area contributed by atoms with Crippen LogP contribution in [0.15, 0.2) is 18.2 Å². The number of piperidine rings is 1. The molecule has 1 aromatic rings. The fraction of sp³-hybridized carbons (Fsp3) is 0.455. The normalized spacial score (nSPS) is 17.4. The van der Waals surface area contributed by atoms with Gasteiger partial charge in [0.25, 0.3) is 0 Å². The van der Waals surface area contributed by atoms with Gasteiger partial charge in [-0.25, -0.2) is 0 Å². The molecule has 5 heteroatoms. The molecule has 0 amide bonds. The molecule has 1 heterocycles. The lowest BCUT2D eigenvalue weighted by Gasteiger charge is -2.23. The first-order valence-corrected chi connectivity index (χ1v) is 5.92. The first-order chi connectivity index (χ1) is 7.66. The molecule has 1 aromatic carbocycles. The van der Waals surface area contributed by atoms with Crippen molar-refractivity contribution >= 4 is 24.2 Å². The lowest BCUT2D eigenvalue weighted by Crippen LogP contribution is -2.31. The Labute approximate surface area is 101 Å². The molecule has 0 bridgehead atoms. The zero-order valence-corrected chi connectivity index (χ0v) is 9.74. The summed E-state index contributed by atoms with van der Waals surface area (Å²) in [6.07, 6.45) is 2.14. The molecule has 0 radical (unpaired) electrons. The second-order valence-electron chi connectivity index (χ2n) is 4.22. The van der Waals surface area contributed by atoms with Gasteiger partial charge in [0.2, 0.25) is 0 Å². The summed E-state index contributed by atoms with van der Waals surface area (Å²) in [5.74, 6) is 0.470. The van der Waals surface area contributed by atoms with Crippen LogP contribution in [0.3, 0.4) is 0 Å². The van der Waals surface area contributed by atoms with E-state index in [4.69, 9.17) is 21.6 Å². The van der Waals surface area contributed by atoms with E-state index in [0.29, 0.717) is 16.4 Å². The molecule has 1 fully saturated rings. The van der Waals surface area contributed by atoms with E-state index in [1.165, 1.54) is 0 Å². The van der Waals surface area contributed by atoms with Crippen molar-refractivity contribution in [1.82, 2.24) is 5.32 Å². The summed E-state index contributed by atoms with van der Waals surface area (Å²) < 4.78 is 0. The third-order valence-corrected chi connectivity index (χ3v) is 3.27. The van der Waals surface area contributed by atoms with Crippen LogP contribution in [0.5, 0.6) is 0 Å². The minimum atomic E-state index is -1.45. The standard InChI is InChI=1S/C11H15BClNO2/c13-11-6-9(5-10(7-11)12(15)16)8-1-3-14-4-2-8/h5-8,14-16H,1-4H2. The Balaban J connectivity index is 2.25. The largest absolute Gasteiger partial charge is 0.488 e. The van der Waals surface area contributed by atoms with E-state index in [0.717, 1.165) is 31.5 Å². The van der Waals surface area contributed by atoms with Crippen LogP contribution in [-0.2, 0) is 0 Å². The van der Waals surface area contributed by atoms with Crippen LogP contribution in [0, 0.1) is 0 Å². The van der Waals surface area contributed by atoms with Crippen molar-refractivity contribution < 1.29 is 10.0 Å². The van der Waals surface area contributed by atoms with Crippen LogP contribution in [0.25, 0.3) is 0 Å². The Kier molecular flexibility index (Phi) is 3.87. The van der Waals surface area contributed by atoms with Gasteiger partial charge in [-0.05, 0) is 55.0 Å². The summed E-state index contributed by atoms with van der Waals surface area (Å²) in [5, 5.41) is 22.2. The molecule has 0 atom stereocenters. The molecule has 0 unspecified atom stereocenters. The van der Waals surface area contributed by atoms with Crippen LogP contribution in [0.1, 0.15) is 24.3 Å². The summed E-state index contributed by atoms with van der Waals surface area (Å²) in [5.41, 5.74) is 1.58. The summed E-state index contributed by atoms with van der Waals surface area (Å²) in [6.45, 7) is 2.02. The van der Waals surface area contributed by atoms with Gasteiger partial charge in [-0.15, -0.1) is 0 Å². The van der Waals surface area contributed by atoms with E-state index < -0.39 is 7.12 Å². The summed E-state index contributed by atoms with van der Waals surface area (Å²) in [6, 6.07) is 5.35. The molecule has 1 saturated heterocycles. The first kappa shape index (κ1) is 11.9. The predicted octanol–water partition coefficient (Wildman–Crippen LogP) is 0.487. The SMILES string of the molecule is OB(O)c1cc(Cl)cc(C2CCNCC2)c1. The molecular weight excluding hydrogens is 224 g/mol. The third kappa shape index (κ3) is 2.77. The molecule has 3 N–H and O–H groups in total. The average molecular weight is 240 g/mol. The Hall–Kier alpha value is -0.545. The van der Waals surface area contributed by atoms with Crippen molar-refractivity contribution in [2.75, 3.05) is 13.1 Å². The minimum Gasteiger partial charge on any atom is -0.423 e. The number of halogens is 1. The van der Waals surface area contributed by atoms with Gasteiger partial charge < -0.3 is 15.4 Å². The van der Waals surface area contributed by atoms with Gasteiger partial charge in [0, 0.05) is 5.02 Å². The average Bonchev–Trinajstić information content (AvgIpc) is 2.29. The van der Waals surface area contributed by atoms with E-state index in [2.05, 4.69) is 5.32 Å². The number of nitrogens with one attached hydrogen (secondary N) is 1. The molecule has 0 spiro atoms. The monoisotopic (exact) mass is 239 g/mol. The van der Waals surface area contributed by atoms with Gasteiger partial charge in [-0.3, -0.25) is 0 Å². The number of rotatable bonds is 2. The topological polar surface area (TPSA) is 52.5 Å². The number of hydrogen-bond acceptors (Lipinski definition) is 3. The van der Waals surface area contributed by atoms with E-state index in [1.54, 1.807) is 6.07 Å². The smallest absolute Gasteiger partial charge is 0.423 e. The lowest BCUT2D eigenvalue weighted by atomic mass is 9.77. The summed E-state index contributed by atoms with van der Waals surface area (Å²) >= 11 is 5.98. The molecule has 3 nitrogen and oxygen atoms in total. The quantitative estimate of drug-likeness (QED) is 0.658. The first-order valence-electron chi connectivity index (χ1n) is 5.54. The van der Waals surface area contributed by atoms with Gasteiger partial charge in [-0.2, -0.15) is 0 Å². The zero-order valence-electron chi connectivity index (χ0n) is 8.99. The van der Waals surface area contributed by atoms with Crippen LogP contribution in [0.4, 0.5) is 0 Å². The van der Waals surface area contributed by atoms with Gasteiger partial charge >= 0.3 is 7.12 Å². The molecular formula is C11H15BClNO2. The van der Waals surface area contributed by atoms with Gasteiger partial charge in [0.1, 0.15) is 0 Å². The fourth-order valence-electron chi connectivity index (χ4n) is 2.18. The highest BCUT2D eigenvalue weighted by Gasteiger charge is 2.19. The molecule has 0 saturated carbocycles. The summed E-state index contributed by atoms with van der Waals surface area (Å²) in [7, 11) is -1.45. The van der Waals surface area contributed by atoms with Crippen molar-refractivity contribution in [3.05, 3.63) is 28.8 Å². The zero-order chi connectivity index (χ0) is 11.5. The van der Waals surface area contributed by atoms with Gasteiger partial charge in [0.05, 0.1) is 0 Å². The van der Waals surface area contributed by atoms with Crippen molar-refractivity contribution in [1.29, 1.82) is 0 Å². The lowest BCUT2D eigenvalue weighted by molar-refractivity contribution is 0.425. The van der Waals surface area contributed by atoms with E-state index in [-0.39, 0.29) is 0 Å². The fourth-order valence-corrected chi connectivity index (χ4v) is 2.43. The maximum Gasteiger partial charge on any atom is 0.488 e. The Morgan fingerprint density at radius 1 is 1.19 bits per heavy atom. The number of hydrogen-bond donors (Lipinski definition) is 3. The summed E-state index contributed by atoms with van der Waals surface area (Å²) in [4.78, 5) is 0. The highest BCUT2D eigenvalue weighted by atomic mass is 35.5. The van der Waals surface area contributed by atoms with E-state index in [1.807, 2.05) is 12.1 Å². The molecule has 16 heavy (non-hydrogen) atoms. The van der Waals surface area contributed by atoms with Crippen LogP contribution in [0.2, 0.25) is 5.02 Å². The molecule has 1 aliphatic rings. The van der Waals surface area contributed by atoms with Crippen molar-refractivity contribution in [2.24, 2.45) is 0 Å². The molecule has 86 valence electrons. The third-order valence-electron chi connectivity index (χ3n) is 3.05. The van der Waals surface area contributed by atoms with Crippen molar-refractivity contribution in [2.45, 2.75) is 18.8 Å². The Bertz CT molecular complexity index is 367. The Morgan fingerprint density at radius 2 is 1.88 bits per heavy atom. The number of benzene rings is 1. The molecule has 0 aromatic heterocycles. The second-order valence-corrected chi connectivity index (χ2v) is 4.65. The van der Waals surface area contributed by atoms with Crippen molar-refractivity contribution in [3.8, 4) is 0 Å². The molecule has 2 rings (SSSR count). The van der Waals surface area contributed by atoms with E-state index in [9.17, 15) is 0 Å². The van der Waals surface area contributed by atoms with Crippen LogP contribution < -0.4 is 10.8 Å². The second kappa shape index (κ2) is 5.19. The molecule has 0 aliphatic carbocycles. The highest BCUT2D eigenvalue weighted by Crippen LogP contribution is 2.26.